The Morgan fingerprint density at radius 1 is 1.05 bits per heavy atom. The summed E-state index contributed by atoms with van der Waals surface area (Å²) in [4.78, 5) is 4.63. The van der Waals surface area contributed by atoms with Crippen LogP contribution in [-0.4, -0.2) is 4.98 Å². The van der Waals surface area contributed by atoms with Crippen LogP contribution in [0.2, 0.25) is 0 Å². The van der Waals surface area contributed by atoms with Gasteiger partial charge in [-0.3, -0.25) is 0 Å². The lowest BCUT2D eigenvalue weighted by molar-refractivity contribution is 1.43. The maximum absolute atomic E-state index is 5.82. The third kappa shape index (κ3) is 2.76. The molecule has 2 aromatic carbocycles. The average Bonchev–Trinajstić information content (AvgIpc) is 2.88. The number of fused-ring (bicyclic) bond motifs is 1. The van der Waals surface area contributed by atoms with Crippen LogP contribution in [0.3, 0.4) is 0 Å². The molecule has 3 rings (SSSR count). The lowest BCUT2D eigenvalue weighted by Gasteiger charge is -2.01. The van der Waals surface area contributed by atoms with Crippen LogP contribution in [0.4, 0.5) is 5.69 Å². The average molecular weight is 270 g/mol. The van der Waals surface area contributed by atoms with E-state index in [0.29, 0.717) is 0 Å². The fraction of sp³-hybridized carbons (Fsp3) is 0.188. The van der Waals surface area contributed by atoms with Gasteiger partial charge in [0.05, 0.1) is 10.2 Å². The number of benzene rings is 2. The van der Waals surface area contributed by atoms with Crippen molar-refractivity contribution < 1.29 is 0 Å². The molecule has 3 aromatic rings. The van der Waals surface area contributed by atoms with Crippen LogP contribution in [0.1, 0.15) is 19.4 Å². The Labute approximate surface area is 117 Å². The highest BCUT2D eigenvalue weighted by Gasteiger charge is 2.06. The molecule has 0 aliphatic heterocycles. The van der Waals surface area contributed by atoms with Gasteiger partial charge >= 0.3 is 0 Å². The molecule has 0 bridgehead atoms. The first-order valence-corrected chi connectivity index (χ1v) is 7.28. The molecule has 1 aromatic heterocycles. The van der Waals surface area contributed by atoms with Crippen molar-refractivity contribution in [2.24, 2.45) is 0 Å². The molecule has 2 N–H and O–H groups in total. The fourth-order valence-electron chi connectivity index (χ4n) is 1.80. The molecule has 98 valence electrons. The van der Waals surface area contributed by atoms with E-state index >= 15 is 0 Å². The van der Waals surface area contributed by atoms with Gasteiger partial charge in [-0.05, 0) is 42.8 Å². The Kier molecular flexibility index (Phi) is 4.17. The van der Waals surface area contributed by atoms with Gasteiger partial charge in [0.1, 0.15) is 5.01 Å². The molecule has 2 nitrogen and oxygen atoms in total. The predicted molar refractivity (Wildman–Crippen MR) is 85.6 cm³/mol. The van der Waals surface area contributed by atoms with Crippen molar-refractivity contribution in [2.75, 3.05) is 5.73 Å². The van der Waals surface area contributed by atoms with Crippen LogP contribution in [-0.2, 0) is 0 Å². The van der Waals surface area contributed by atoms with Gasteiger partial charge in [-0.15, -0.1) is 11.3 Å². The van der Waals surface area contributed by atoms with Crippen LogP contribution in [0.5, 0.6) is 0 Å². The third-order valence-corrected chi connectivity index (χ3v) is 3.90. The second kappa shape index (κ2) is 5.85. The van der Waals surface area contributed by atoms with Crippen molar-refractivity contribution >= 4 is 27.2 Å². The van der Waals surface area contributed by atoms with Crippen molar-refractivity contribution in [2.45, 2.75) is 20.8 Å². The Morgan fingerprint density at radius 2 is 1.79 bits per heavy atom. The summed E-state index contributed by atoms with van der Waals surface area (Å²) in [5, 5.41) is 1.05. The largest absolute Gasteiger partial charge is 0.399 e. The summed E-state index contributed by atoms with van der Waals surface area (Å²) in [5.41, 5.74) is 9.95. The summed E-state index contributed by atoms with van der Waals surface area (Å²) >= 11 is 1.71. The summed E-state index contributed by atoms with van der Waals surface area (Å²) in [5.74, 6) is 0. The van der Waals surface area contributed by atoms with Gasteiger partial charge in [-0.25, -0.2) is 4.98 Å². The maximum atomic E-state index is 5.82. The lowest BCUT2D eigenvalue weighted by Crippen LogP contribution is -1.89. The predicted octanol–water partition coefficient (Wildman–Crippen LogP) is 4.88. The number of hydrogen-bond acceptors (Lipinski definition) is 3. The highest BCUT2D eigenvalue weighted by Crippen LogP contribution is 2.31. The molecule has 0 saturated carbocycles. The molecule has 0 atom stereocenters. The first-order chi connectivity index (χ1) is 9.24. The fourth-order valence-corrected chi connectivity index (χ4v) is 2.77. The normalized spacial score (nSPS) is 10.1. The van der Waals surface area contributed by atoms with Crippen LogP contribution in [0.15, 0.2) is 42.5 Å². The van der Waals surface area contributed by atoms with Gasteiger partial charge in [0, 0.05) is 11.3 Å². The first kappa shape index (κ1) is 13.6. The van der Waals surface area contributed by atoms with Crippen molar-refractivity contribution in [3.63, 3.8) is 0 Å². The Hall–Kier alpha value is -1.87. The van der Waals surface area contributed by atoms with Crippen LogP contribution >= 0.6 is 11.3 Å². The van der Waals surface area contributed by atoms with E-state index < -0.39 is 0 Å². The zero-order chi connectivity index (χ0) is 13.8. The Balaban J connectivity index is 0.000000637. The monoisotopic (exact) mass is 270 g/mol. The standard InChI is InChI=1S/C14H12N2S.C2H6/c1-9-8-10(6-7-11(9)15)14-16-12-4-2-3-5-13(12)17-14;1-2/h2-8H,15H2,1H3;1-2H3. The van der Waals surface area contributed by atoms with Gasteiger partial charge in [0.15, 0.2) is 0 Å². The van der Waals surface area contributed by atoms with E-state index in [1.165, 1.54) is 4.70 Å². The summed E-state index contributed by atoms with van der Waals surface area (Å²) in [6, 6.07) is 14.3. The number of anilines is 1. The summed E-state index contributed by atoms with van der Waals surface area (Å²) in [7, 11) is 0. The highest BCUT2D eigenvalue weighted by molar-refractivity contribution is 7.21. The molecule has 0 spiro atoms. The third-order valence-electron chi connectivity index (χ3n) is 2.81. The van der Waals surface area contributed by atoms with E-state index in [9.17, 15) is 0 Å². The van der Waals surface area contributed by atoms with Gasteiger partial charge in [0.2, 0.25) is 0 Å². The molecule has 0 aliphatic rings. The number of nitrogens with two attached hydrogens (primary N) is 1. The summed E-state index contributed by atoms with van der Waals surface area (Å²) in [6.45, 7) is 6.02. The molecule has 19 heavy (non-hydrogen) atoms. The van der Waals surface area contributed by atoms with E-state index in [4.69, 9.17) is 5.73 Å². The van der Waals surface area contributed by atoms with E-state index in [1.54, 1.807) is 11.3 Å². The Morgan fingerprint density at radius 3 is 2.47 bits per heavy atom. The van der Waals surface area contributed by atoms with Gasteiger partial charge in [-0.2, -0.15) is 0 Å². The van der Waals surface area contributed by atoms with Crippen molar-refractivity contribution in [1.29, 1.82) is 0 Å². The number of aromatic nitrogens is 1. The van der Waals surface area contributed by atoms with Crippen molar-refractivity contribution in [3.8, 4) is 10.6 Å². The molecular weight excluding hydrogens is 252 g/mol. The number of rotatable bonds is 1. The quantitative estimate of drug-likeness (QED) is 0.640. The first-order valence-electron chi connectivity index (χ1n) is 6.46. The zero-order valence-corrected chi connectivity index (χ0v) is 12.3. The van der Waals surface area contributed by atoms with Gasteiger partial charge < -0.3 is 5.73 Å². The van der Waals surface area contributed by atoms with E-state index in [0.717, 1.165) is 27.3 Å². The minimum atomic E-state index is 0.829. The minimum absolute atomic E-state index is 0.829. The Bertz CT molecular complexity index is 653. The van der Waals surface area contributed by atoms with Gasteiger partial charge in [0.25, 0.3) is 0 Å². The number of nitrogens with zero attached hydrogens (tertiary/aromatic N) is 1. The SMILES string of the molecule is CC.Cc1cc(-c2nc3ccccc3s2)ccc1N. The molecule has 0 radical (unpaired) electrons. The molecule has 3 heteroatoms. The number of thiazole rings is 1. The molecule has 0 unspecified atom stereocenters. The van der Waals surface area contributed by atoms with Crippen molar-refractivity contribution in [1.82, 2.24) is 4.98 Å². The number of aryl methyl sites for hydroxylation is 1. The second-order valence-electron chi connectivity index (χ2n) is 4.06. The minimum Gasteiger partial charge on any atom is -0.399 e. The van der Waals surface area contributed by atoms with Crippen molar-refractivity contribution in [3.05, 3.63) is 48.0 Å². The zero-order valence-electron chi connectivity index (χ0n) is 11.5. The molecule has 0 saturated heterocycles. The van der Waals surface area contributed by atoms with E-state index in [-0.39, 0.29) is 0 Å². The number of hydrogen-bond donors (Lipinski definition) is 1. The highest BCUT2D eigenvalue weighted by atomic mass is 32.1. The summed E-state index contributed by atoms with van der Waals surface area (Å²) < 4.78 is 1.22. The van der Waals surface area contributed by atoms with E-state index in [1.807, 2.05) is 51.1 Å². The molecule has 0 aliphatic carbocycles. The smallest absolute Gasteiger partial charge is 0.124 e. The molecule has 0 fully saturated rings. The topological polar surface area (TPSA) is 38.9 Å². The van der Waals surface area contributed by atoms with Crippen LogP contribution < -0.4 is 5.73 Å². The summed E-state index contributed by atoms with van der Waals surface area (Å²) in [6.07, 6.45) is 0. The maximum Gasteiger partial charge on any atom is 0.124 e. The lowest BCUT2D eigenvalue weighted by atomic mass is 10.1. The second-order valence-corrected chi connectivity index (χ2v) is 5.09. The number of nitrogen functional groups attached to an aromatic ring is 1. The van der Waals surface area contributed by atoms with E-state index in [2.05, 4.69) is 17.1 Å². The van der Waals surface area contributed by atoms with Crippen LogP contribution in [0.25, 0.3) is 20.8 Å². The van der Waals surface area contributed by atoms with Gasteiger partial charge in [-0.1, -0.05) is 26.0 Å². The van der Waals surface area contributed by atoms with Crippen LogP contribution in [0, 0.1) is 6.92 Å². The number of para-hydroxylation sites is 1. The molecular formula is C16H18N2S. The molecule has 0 amide bonds. The molecule has 1 heterocycles.